The number of hydrogen-bond donors (Lipinski definition) is 2. The van der Waals surface area contributed by atoms with E-state index in [1.807, 2.05) is 6.20 Å². The quantitative estimate of drug-likeness (QED) is 0.803. The number of aromatic nitrogens is 3. The molecule has 2 N–H and O–H groups in total. The summed E-state index contributed by atoms with van der Waals surface area (Å²) in [6.07, 6.45) is 3.54. The van der Waals surface area contributed by atoms with E-state index in [0.717, 1.165) is 25.1 Å². The van der Waals surface area contributed by atoms with Gasteiger partial charge in [0.15, 0.2) is 0 Å². The molecule has 100 valence electrons. The summed E-state index contributed by atoms with van der Waals surface area (Å²) in [6.45, 7) is 1.09. The van der Waals surface area contributed by atoms with Crippen molar-refractivity contribution < 1.29 is 4.79 Å². The van der Waals surface area contributed by atoms with Crippen molar-refractivity contribution in [2.75, 3.05) is 7.05 Å². The number of nitrogens with zero attached hydrogens (tertiary/aromatic N) is 3. The first-order chi connectivity index (χ1) is 8.51. The van der Waals surface area contributed by atoms with Crippen LogP contribution in [-0.2, 0) is 13.1 Å². The average molecular weight is 292 g/mol. The summed E-state index contributed by atoms with van der Waals surface area (Å²) in [6, 6.07) is -0.239. The summed E-state index contributed by atoms with van der Waals surface area (Å²) >= 11 is 11.9. The normalized spacial score (nSPS) is 20.5. The Labute approximate surface area is 115 Å². The molecule has 1 fully saturated rings. The maximum Gasteiger partial charge on any atom is 0.314 e. The predicted octanol–water partition coefficient (Wildman–Crippen LogP) is 1.29. The van der Waals surface area contributed by atoms with E-state index in [4.69, 9.17) is 23.2 Å². The van der Waals surface area contributed by atoms with Crippen LogP contribution < -0.4 is 10.6 Å². The minimum absolute atomic E-state index is 0.239. The number of urea groups is 1. The van der Waals surface area contributed by atoms with E-state index in [2.05, 4.69) is 20.9 Å². The van der Waals surface area contributed by atoms with Gasteiger partial charge in [-0.3, -0.25) is 4.68 Å². The molecule has 0 spiro atoms. The van der Waals surface area contributed by atoms with Gasteiger partial charge in [-0.2, -0.15) is 0 Å². The maximum absolute atomic E-state index is 11.0. The third-order valence-electron chi connectivity index (χ3n) is 2.91. The highest BCUT2D eigenvalue weighted by atomic mass is 35.5. The Morgan fingerprint density at radius 1 is 1.67 bits per heavy atom. The van der Waals surface area contributed by atoms with Gasteiger partial charge in [0, 0.05) is 13.6 Å². The molecule has 0 bridgehead atoms. The molecule has 8 heteroatoms. The van der Waals surface area contributed by atoms with Gasteiger partial charge in [-0.25, -0.2) is 4.79 Å². The fraction of sp³-hybridized carbons (Fsp3) is 0.700. The second kappa shape index (κ2) is 5.32. The van der Waals surface area contributed by atoms with Crippen molar-refractivity contribution in [2.45, 2.75) is 30.3 Å². The van der Waals surface area contributed by atoms with E-state index in [1.54, 1.807) is 11.7 Å². The van der Waals surface area contributed by atoms with Crippen LogP contribution in [0.2, 0.25) is 0 Å². The molecular weight excluding hydrogens is 277 g/mol. The number of alkyl halides is 2. The van der Waals surface area contributed by atoms with E-state index in [-0.39, 0.29) is 6.03 Å². The fourth-order valence-corrected chi connectivity index (χ4v) is 2.25. The number of carbonyl (C=O) groups excluding carboxylic acids is 1. The van der Waals surface area contributed by atoms with Gasteiger partial charge >= 0.3 is 6.03 Å². The lowest BCUT2D eigenvalue weighted by Crippen LogP contribution is -2.32. The van der Waals surface area contributed by atoms with Crippen molar-refractivity contribution >= 4 is 29.2 Å². The SMILES string of the molecule is CNC(=O)NCc1cn(CCC2CC2(Cl)Cl)nn1. The van der Waals surface area contributed by atoms with Crippen LogP contribution in [0.4, 0.5) is 4.79 Å². The molecule has 1 heterocycles. The van der Waals surface area contributed by atoms with Crippen molar-refractivity contribution in [3.05, 3.63) is 11.9 Å². The van der Waals surface area contributed by atoms with Gasteiger partial charge in [-0.15, -0.1) is 28.3 Å². The maximum atomic E-state index is 11.0. The van der Waals surface area contributed by atoms with Gasteiger partial charge in [-0.1, -0.05) is 5.21 Å². The van der Waals surface area contributed by atoms with Crippen LogP contribution in [0.5, 0.6) is 0 Å². The number of aryl methyl sites for hydroxylation is 1. The third kappa shape index (κ3) is 3.49. The molecule has 1 aromatic rings. The molecule has 0 aromatic carbocycles. The second-order valence-corrected chi connectivity index (χ2v) is 5.90. The van der Waals surface area contributed by atoms with Crippen molar-refractivity contribution in [1.82, 2.24) is 25.6 Å². The number of carbonyl (C=O) groups is 1. The van der Waals surface area contributed by atoms with Crippen LogP contribution in [0.3, 0.4) is 0 Å². The standard InChI is InChI=1S/C10H15Cl2N5O/c1-13-9(18)14-5-8-6-17(16-15-8)3-2-7-4-10(7,11)12/h6-7H,2-5H2,1H3,(H2,13,14,18). The molecule has 1 aromatic heterocycles. The zero-order chi connectivity index (χ0) is 13.2. The van der Waals surface area contributed by atoms with E-state index < -0.39 is 4.33 Å². The third-order valence-corrected chi connectivity index (χ3v) is 3.83. The Bertz CT molecular complexity index is 434. The minimum Gasteiger partial charge on any atom is -0.341 e. The van der Waals surface area contributed by atoms with Gasteiger partial charge in [0.2, 0.25) is 0 Å². The highest BCUT2D eigenvalue weighted by Gasteiger charge is 2.50. The Morgan fingerprint density at radius 3 is 3.00 bits per heavy atom. The van der Waals surface area contributed by atoms with Gasteiger partial charge in [0.1, 0.15) is 10.0 Å². The van der Waals surface area contributed by atoms with Gasteiger partial charge in [0.25, 0.3) is 0 Å². The van der Waals surface area contributed by atoms with E-state index in [9.17, 15) is 4.79 Å². The predicted molar refractivity (Wildman–Crippen MR) is 68.5 cm³/mol. The number of nitrogens with one attached hydrogen (secondary N) is 2. The summed E-state index contributed by atoms with van der Waals surface area (Å²) in [5.74, 6) is 0.345. The molecule has 0 saturated heterocycles. The number of halogens is 2. The summed E-state index contributed by atoms with van der Waals surface area (Å²) in [5.41, 5.74) is 0.720. The number of rotatable bonds is 5. The topological polar surface area (TPSA) is 71.8 Å². The van der Waals surface area contributed by atoms with Gasteiger partial charge in [0.05, 0.1) is 12.7 Å². The summed E-state index contributed by atoms with van der Waals surface area (Å²) in [4.78, 5) is 11.0. The lowest BCUT2D eigenvalue weighted by molar-refractivity contribution is 0.242. The monoisotopic (exact) mass is 291 g/mol. The second-order valence-electron chi connectivity index (χ2n) is 4.36. The van der Waals surface area contributed by atoms with Crippen molar-refractivity contribution in [3.63, 3.8) is 0 Å². The molecule has 1 atom stereocenters. The first kappa shape index (κ1) is 13.4. The molecule has 1 saturated carbocycles. The van der Waals surface area contributed by atoms with Gasteiger partial charge < -0.3 is 10.6 Å². The first-order valence-corrected chi connectivity index (χ1v) is 6.49. The molecule has 0 aliphatic heterocycles. The highest BCUT2D eigenvalue weighted by Crippen LogP contribution is 2.54. The average Bonchev–Trinajstić information content (AvgIpc) is 2.77. The number of hydrogen-bond acceptors (Lipinski definition) is 3. The Balaban J connectivity index is 1.74. The number of amides is 2. The van der Waals surface area contributed by atoms with Crippen LogP contribution in [0.15, 0.2) is 6.20 Å². The first-order valence-electron chi connectivity index (χ1n) is 5.73. The smallest absolute Gasteiger partial charge is 0.314 e. The molecule has 2 amide bonds. The molecule has 1 unspecified atom stereocenters. The lowest BCUT2D eigenvalue weighted by Gasteiger charge is -2.01. The summed E-state index contributed by atoms with van der Waals surface area (Å²) < 4.78 is 1.20. The zero-order valence-electron chi connectivity index (χ0n) is 9.99. The van der Waals surface area contributed by atoms with E-state index >= 15 is 0 Å². The molecule has 2 rings (SSSR count). The Kier molecular flexibility index (Phi) is 3.97. The van der Waals surface area contributed by atoms with E-state index in [1.165, 1.54) is 0 Å². The molecule has 18 heavy (non-hydrogen) atoms. The van der Waals surface area contributed by atoms with Gasteiger partial charge in [-0.05, 0) is 18.8 Å². The van der Waals surface area contributed by atoms with Crippen LogP contribution in [-0.4, -0.2) is 32.4 Å². The van der Waals surface area contributed by atoms with E-state index in [0.29, 0.717) is 12.5 Å². The molecule has 1 aliphatic rings. The lowest BCUT2D eigenvalue weighted by atomic mass is 10.3. The van der Waals surface area contributed by atoms with Crippen molar-refractivity contribution in [1.29, 1.82) is 0 Å². The van der Waals surface area contributed by atoms with Crippen molar-refractivity contribution in [2.24, 2.45) is 5.92 Å². The fourth-order valence-electron chi connectivity index (χ4n) is 1.66. The Hall–Kier alpha value is -1.01. The van der Waals surface area contributed by atoms with Crippen LogP contribution in [0.1, 0.15) is 18.5 Å². The van der Waals surface area contributed by atoms with Crippen LogP contribution in [0.25, 0.3) is 0 Å². The largest absolute Gasteiger partial charge is 0.341 e. The van der Waals surface area contributed by atoms with Crippen molar-refractivity contribution in [3.8, 4) is 0 Å². The molecule has 6 nitrogen and oxygen atoms in total. The zero-order valence-corrected chi connectivity index (χ0v) is 11.5. The summed E-state index contributed by atoms with van der Waals surface area (Å²) in [7, 11) is 1.56. The Morgan fingerprint density at radius 2 is 2.39 bits per heavy atom. The summed E-state index contributed by atoms with van der Waals surface area (Å²) in [5, 5.41) is 13.0. The highest BCUT2D eigenvalue weighted by molar-refractivity contribution is 6.50. The molecule has 1 aliphatic carbocycles. The van der Waals surface area contributed by atoms with Crippen LogP contribution in [0, 0.1) is 5.92 Å². The minimum atomic E-state index is -0.538. The van der Waals surface area contributed by atoms with Crippen LogP contribution >= 0.6 is 23.2 Å². The molecular formula is C10H15Cl2N5O. The molecule has 0 radical (unpaired) electrons.